The van der Waals surface area contributed by atoms with Crippen LogP contribution < -0.4 is 0 Å². The Morgan fingerprint density at radius 2 is 1.81 bits per heavy atom. The van der Waals surface area contributed by atoms with Gasteiger partial charge in [-0.1, -0.05) is 23.4 Å². The van der Waals surface area contributed by atoms with Crippen molar-refractivity contribution in [2.24, 2.45) is 0 Å². The molecular weight excluding hydrogens is 264 g/mol. The molecule has 3 heterocycles. The molecule has 21 heavy (non-hydrogen) atoms. The predicted octanol–water partition coefficient (Wildman–Crippen LogP) is 3.36. The van der Waals surface area contributed by atoms with Gasteiger partial charge in [0.2, 0.25) is 0 Å². The summed E-state index contributed by atoms with van der Waals surface area (Å²) in [7, 11) is 0. The van der Waals surface area contributed by atoms with E-state index in [-0.39, 0.29) is 0 Å². The average Bonchev–Trinajstić information content (AvgIpc) is 3.14. The standard InChI is InChI=1S/C16H12N4O/c1-11-18-16(21-19-11)13-7-5-12(6-8-13)15-14-4-2-3-9-20(14)10-17-15/h2-10H,1H3. The third-order valence-electron chi connectivity index (χ3n) is 3.38. The quantitative estimate of drug-likeness (QED) is 0.563. The topological polar surface area (TPSA) is 56.2 Å². The first kappa shape index (κ1) is 11.8. The van der Waals surface area contributed by atoms with Crippen molar-refractivity contribution in [2.75, 3.05) is 0 Å². The van der Waals surface area contributed by atoms with Gasteiger partial charge in [-0.15, -0.1) is 0 Å². The van der Waals surface area contributed by atoms with Gasteiger partial charge in [0.25, 0.3) is 5.89 Å². The lowest BCUT2D eigenvalue weighted by Gasteiger charge is -2.00. The molecule has 1 aromatic carbocycles. The summed E-state index contributed by atoms with van der Waals surface area (Å²) in [6.07, 6.45) is 3.81. The van der Waals surface area contributed by atoms with Gasteiger partial charge in [0.15, 0.2) is 5.82 Å². The SMILES string of the molecule is Cc1noc(-c2ccc(-c3ncn4ccccc34)cc2)n1. The summed E-state index contributed by atoms with van der Waals surface area (Å²) in [4.78, 5) is 8.71. The van der Waals surface area contributed by atoms with Crippen LogP contribution in [0.2, 0.25) is 0 Å². The zero-order valence-electron chi connectivity index (χ0n) is 11.4. The van der Waals surface area contributed by atoms with Crippen molar-refractivity contribution in [3.05, 3.63) is 60.8 Å². The molecule has 0 radical (unpaired) electrons. The van der Waals surface area contributed by atoms with Gasteiger partial charge < -0.3 is 8.92 Å². The van der Waals surface area contributed by atoms with Crippen LogP contribution in [0, 0.1) is 6.92 Å². The zero-order valence-corrected chi connectivity index (χ0v) is 11.4. The Kier molecular flexibility index (Phi) is 2.57. The predicted molar refractivity (Wildman–Crippen MR) is 78.7 cm³/mol. The van der Waals surface area contributed by atoms with Crippen molar-refractivity contribution >= 4 is 5.52 Å². The lowest BCUT2D eigenvalue weighted by atomic mass is 10.1. The molecule has 0 atom stereocenters. The monoisotopic (exact) mass is 276 g/mol. The molecule has 4 aromatic rings. The van der Waals surface area contributed by atoms with E-state index in [0.29, 0.717) is 11.7 Å². The minimum atomic E-state index is 0.536. The van der Waals surface area contributed by atoms with E-state index in [1.165, 1.54) is 0 Å². The molecular formula is C16H12N4O. The van der Waals surface area contributed by atoms with E-state index < -0.39 is 0 Å². The van der Waals surface area contributed by atoms with Crippen LogP contribution in [-0.2, 0) is 0 Å². The Balaban J connectivity index is 1.76. The number of aryl methyl sites for hydroxylation is 1. The highest BCUT2D eigenvalue weighted by atomic mass is 16.5. The Bertz CT molecular complexity index is 905. The minimum Gasteiger partial charge on any atom is -0.334 e. The average molecular weight is 276 g/mol. The lowest BCUT2D eigenvalue weighted by molar-refractivity contribution is 0.425. The summed E-state index contributed by atoms with van der Waals surface area (Å²) in [5.74, 6) is 1.17. The maximum atomic E-state index is 5.17. The molecule has 0 spiro atoms. The van der Waals surface area contributed by atoms with Gasteiger partial charge in [-0.3, -0.25) is 0 Å². The molecule has 5 nitrogen and oxygen atoms in total. The Labute approximate surface area is 120 Å². The number of fused-ring (bicyclic) bond motifs is 1. The fourth-order valence-electron chi connectivity index (χ4n) is 2.35. The number of rotatable bonds is 2. The second-order valence-corrected chi connectivity index (χ2v) is 4.81. The van der Waals surface area contributed by atoms with Gasteiger partial charge in [-0.2, -0.15) is 4.98 Å². The Hall–Kier alpha value is -2.95. The summed E-state index contributed by atoms with van der Waals surface area (Å²) in [5, 5.41) is 3.80. The molecule has 0 amide bonds. The van der Waals surface area contributed by atoms with Crippen LogP contribution in [-0.4, -0.2) is 19.5 Å². The first-order valence-corrected chi connectivity index (χ1v) is 6.64. The normalized spacial score (nSPS) is 11.1. The fraction of sp³-hybridized carbons (Fsp3) is 0.0625. The molecule has 3 aromatic heterocycles. The molecule has 0 N–H and O–H groups in total. The van der Waals surface area contributed by atoms with Gasteiger partial charge in [-0.25, -0.2) is 4.98 Å². The van der Waals surface area contributed by atoms with Crippen molar-refractivity contribution < 1.29 is 4.52 Å². The van der Waals surface area contributed by atoms with Crippen molar-refractivity contribution in [3.63, 3.8) is 0 Å². The van der Waals surface area contributed by atoms with Crippen molar-refractivity contribution in [3.8, 4) is 22.7 Å². The zero-order chi connectivity index (χ0) is 14.2. The van der Waals surface area contributed by atoms with E-state index in [9.17, 15) is 0 Å². The summed E-state index contributed by atoms with van der Waals surface area (Å²) >= 11 is 0. The fourth-order valence-corrected chi connectivity index (χ4v) is 2.35. The smallest absolute Gasteiger partial charge is 0.257 e. The van der Waals surface area contributed by atoms with Gasteiger partial charge in [0.1, 0.15) is 0 Å². The van der Waals surface area contributed by atoms with E-state index in [2.05, 4.69) is 21.2 Å². The maximum Gasteiger partial charge on any atom is 0.257 e. The van der Waals surface area contributed by atoms with Gasteiger partial charge in [0.05, 0.1) is 17.5 Å². The second-order valence-electron chi connectivity index (χ2n) is 4.81. The highest BCUT2D eigenvalue weighted by Gasteiger charge is 2.09. The van der Waals surface area contributed by atoms with Gasteiger partial charge in [-0.05, 0) is 31.2 Å². The molecule has 0 aliphatic rings. The Morgan fingerprint density at radius 1 is 1.00 bits per heavy atom. The number of hydrogen-bond donors (Lipinski definition) is 0. The first-order chi connectivity index (χ1) is 10.3. The molecule has 0 saturated heterocycles. The highest BCUT2D eigenvalue weighted by molar-refractivity contribution is 5.78. The number of aromatic nitrogens is 4. The van der Waals surface area contributed by atoms with E-state index in [0.717, 1.165) is 22.3 Å². The van der Waals surface area contributed by atoms with E-state index >= 15 is 0 Å². The van der Waals surface area contributed by atoms with Gasteiger partial charge >= 0.3 is 0 Å². The third-order valence-corrected chi connectivity index (χ3v) is 3.38. The van der Waals surface area contributed by atoms with Crippen molar-refractivity contribution in [1.29, 1.82) is 0 Å². The third kappa shape index (κ3) is 1.99. The molecule has 0 aliphatic carbocycles. The molecule has 0 aliphatic heterocycles. The number of imidazole rings is 1. The Morgan fingerprint density at radius 3 is 2.57 bits per heavy atom. The van der Waals surface area contributed by atoms with Crippen LogP contribution in [0.15, 0.2) is 59.5 Å². The van der Waals surface area contributed by atoms with Crippen LogP contribution in [0.25, 0.3) is 28.2 Å². The molecule has 0 bridgehead atoms. The lowest BCUT2D eigenvalue weighted by Crippen LogP contribution is -1.83. The highest BCUT2D eigenvalue weighted by Crippen LogP contribution is 2.25. The van der Waals surface area contributed by atoms with E-state index in [4.69, 9.17) is 4.52 Å². The summed E-state index contributed by atoms with van der Waals surface area (Å²) < 4.78 is 7.17. The molecule has 4 rings (SSSR count). The molecule has 102 valence electrons. The van der Waals surface area contributed by atoms with Crippen LogP contribution in [0.3, 0.4) is 0 Å². The van der Waals surface area contributed by atoms with Crippen molar-refractivity contribution in [1.82, 2.24) is 19.5 Å². The van der Waals surface area contributed by atoms with E-state index in [1.54, 1.807) is 6.92 Å². The summed E-state index contributed by atoms with van der Waals surface area (Å²) in [5.41, 5.74) is 4.01. The summed E-state index contributed by atoms with van der Waals surface area (Å²) in [6, 6.07) is 14.0. The number of pyridine rings is 1. The van der Waals surface area contributed by atoms with Gasteiger partial charge in [0, 0.05) is 17.3 Å². The molecule has 0 fully saturated rings. The van der Waals surface area contributed by atoms with Crippen LogP contribution in [0.5, 0.6) is 0 Å². The number of nitrogens with zero attached hydrogens (tertiary/aromatic N) is 4. The molecule has 5 heteroatoms. The minimum absolute atomic E-state index is 0.536. The number of benzene rings is 1. The van der Waals surface area contributed by atoms with E-state index in [1.807, 2.05) is 53.3 Å². The first-order valence-electron chi connectivity index (χ1n) is 6.64. The van der Waals surface area contributed by atoms with Crippen molar-refractivity contribution in [2.45, 2.75) is 6.92 Å². The van der Waals surface area contributed by atoms with Crippen LogP contribution in [0.4, 0.5) is 0 Å². The molecule has 0 saturated carbocycles. The van der Waals surface area contributed by atoms with Crippen LogP contribution >= 0.6 is 0 Å². The largest absolute Gasteiger partial charge is 0.334 e. The summed E-state index contributed by atoms with van der Waals surface area (Å²) in [6.45, 7) is 1.80. The second kappa shape index (κ2) is 4.56. The number of hydrogen-bond acceptors (Lipinski definition) is 4. The molecule has 0 unspecified atom stereocenters. The maximum absolute atomic E-state index is 5.17. The van der Waals surface area contributed by atoms with Crippen LogP contribution in [0.1, 0.15) is 5.82 Å².